The first-order valence-corrected chi connectivity index (χ1v) is 33.2. The second-order valence-electron chi connectivity index (χ2n) is 30.5. The highest BCUT2D eigenvalue weighted by Gasteiger charge is 2.60. The molecule has 0 radical (unpaired) electrons. The topological polar surface area (TPSA) is 119 Å². The Hall–Kier alpha value is -5.51. The number of carbonyl (C=O) groups excluding carboxylic acids is 1. The average molecular weight is 1130 g/mol. The number of carbonyl (C=O) groups is 1. The molecule has 12 aliphatic rings. The number of hydrogen-bond acceptors (Lipinski definition) is 7. The van der Waals surface area contributed by atoms with Gasteiger partial charge in [-0.2, -0.15) is 0 Å². The molecule has 12 aliphatic carbocycles. The van der Waals surface area contributed by atoms with E-state index in [0.717, 1.165) is 116 Å². The lowest BCUT2D eigenvalue weighted by molar-refractivity contribution is -0.117. The Morgan fingerprint density at radius 2 is 0.929 bits per heavy atom. The lowest BCUT2D eigenvalue weighted by Gasteiger charge is -2.57. The van der Waals surface area contributed by atoms with Crippen LogP contribution in [0.4, 0.5) is 0 Å². The number of hydrogen-bond donors (Lipinski definition) is 2. The van der Waals surface area contributed by atoms with Crippen molar-refractivity contribution in [2.24, 2.45) is 85.8 Å². The molecular formula is C75H92N6O3. The van der Waals surface area contributed by atoms with Crippen LogP contribution in [0.25, 0.3) is 39.0 Å². The van der Waals surface area contributed by atoms with Crippen molar-refractivity contribution in [1.29, 1.82) is 0 Å². The van der Waals surface area contributed by atoms with Crippen LogP contribution in [0.15, 0.2) is 133 Å². The van der Waals surface area contributed by atoms with Gasteiger partial charge in [-0.15, -0.1) is 0 Å². The van der Waals surface area contributed by atoms with E-state index in [4.69, 9.17) is 0 Å². The van der Waals surface area contributed by atoms with Crippen LogP contribution in [0, 0.1) is 85.8 Å². The predicted molar refractivity (Wildman–Crippen MR) is 336 cm³/mol. The van der Waals surface area contributed by atoms with Crippen molar-refractivity contribution < 1.29 is 15.0 Å². The van der Waals surface area contributed by atoms with Gasteiger partial charge in [0.1, 0.15) is 19.0 Å². The van der Waals surface area contributed by atoms with Crippen molar-refractivity contribution in [3.63, 3.8) is 0 Å². The van der Waals surface area contributed by atoms with Crippen molar-refractivity contribution in [2.75, 3.05) is 0 Å². The molecule has 6 saturated carbocycles. The summed E-state index contributed by atoms with van der Waals surface area (Å²) in [6, 6.07) is 17.0. The molecule has 84 heavy (non-hydrogen) atoms. The van der Waals surface area contributed by atoms with Crippen LogP contribution < -0.4 is 0 Å². The van der Waals surface area contributed by atoms with Gasteiger partial charge in [0.05, 0.1) is 34.3 Å². The molecule has 3 aromatic heterocycles. The molecule has 9 unspecified atom stereocenters. The Morgan fingerprint density at radius 1 is 0.464 bits per heavy atom. The third-order valence-corrected chi connectivity index (χ3v) is 27.1. The van der Waals surface area contributed by atoms with Gasteiger partial charge in [0, 0.05) is 46.6 Å². The standard InChI is InChI=1S/C26H32N2O.C26H30N2O.C23H30N2O/c2*1-25-13-11-18(29)15-17(25)7-8-19-20-9-10-24(26(20,2)14-12-21(19)25)28-16-27-22-5-3-4-6-23(22)28;1-22-9-7-17(26)11-16(22)3-4-18-20-6-5-19(15-12-24-14-25-13-15)23(20,2)10-8-21(18)22/h3-7,10,16,18-21,29H,8-9,11-15H2,1-2H3;3-6,10,15-16,19-21H,7-9,11-14H2,1-2H3;3,5,12-14,17-18,20-21,26H,4,6-11H2,1-2H3/t18-,19?,20?,21?,25-,26-;19?,20?,21?,25-,26-;17-,18?,20?,21?,22-,23+/m000/s1. The summed E-state index contributed by atoms with van der Waals surface area (Å²) in [6.45, 7) is 15.0. The second kappa shape index (κ2) is 20.3. The molecular weight excluding hydrogens is 1030 g/mol. The minimum atomic E-state index is -0.117. The van der Waals surface area contributed by atoms with E-state index < -0.39 is 0 Å². The molecule has 0 spiro atoms. The minimum Gasteiger partial charge on any atom is -0.393 e. The lowest BCUT2D eigenvalue weighted by atomic mass is 9.47. The third-order valence-electron chi connectivity index (χ3n) is 27.1. The minimum absolute atomic E-state index is 0.113. The van der Waals surface area contributed by atoms with Crippen LogP contribution in [0.5, 0.6) is 0 Å². The van der Waals surface area contributed by atoms with Gasteiger partial charge in [-0.3, -0.25) is 4.79 Å². The Labute approximate surface area is 499 Å². The van der Waals surface area contributed by atoms with E-state index in [1.807, 2.05) is 31.1 Å². The fraction of sp³-hybridized carbons (Fsp3) is 0.587. The van der Waals surface area contributed by atoms with Crippen molar-refractivity contribution >= 4 is 44.8 Å². The molecule has 0 saturated heterocycles. The molecule has 9 nitrogen and oxygen atoms in total. The summed E-state index contributed by atoms with van der Waals surface area (Å²) in [7, 11) is 0. The van der Waals surface area contributed by atoms with Crippen LogP contribution in [-0.2, 0) is 4.79 Å². The SMILES string of the molecule is C[C@]12CCC(=O)C=C1CCC1C2CC[C@]2(C)C(n3cnc4ccccc43)=CCC12.C[C@]12CC[C@H](O)CC1=CCC1C2CC[C@]2(C)C(c3cncnc3)=CCC12.C[C@]12CC[C@H](O)CC1=CCC1C2CC[C@]2(C)C(n3cnc4ccccc43)=CCC12. The van der Waals surface area contributed by atoms with E-state index in [1.54, 1.807) is 17.5 Å². The summed E-state index contributed by atoms with van der Waals surface area (Å²) in [5.41, 5.74) is 16.5. The first-order valence-electron chi connectivity index (χ1n) is 33.2. The van der Waals surface area contributed by atoms with Gasteiger partial charge in [-0.05, 0) is 239 Å². The molecule has 17 atom stereocenters. The van der Waals surface area contributed by atoms with Gasteiger partial charge >= 0.3 is 0 Å². The Kier molecular flexibility index (Phi) is 13.3. The number of aliphatic hydroxyl groups is 2. The van der Waals surface area contributed by atoms with Gasteiger partial charge in [-0.1, -0.05) is 113 Å². The van der Waals surface area contributed by atoms with Crippen LogP contribution in [0.3, 0.4) is 0 Å². The average Bonchev–Trinajstić information content (AvgIpc) is 1.47. The summed E-state index contributed by atoms with van der Waals surface area (Å²) < 4.78 is 4.74. The molecule has 2 aromatic carbocycles. The first kappa shape index (κ1) is 55.1. The highest BCUT2D eigenvalue weighted by Crippen LogP contribution is 2.69. The van der Waals surface area contributed by atoms with Gasteiger partial charge in [0.15, 0.2) is 5.78 Å². The fourth-order valence-corrected chi connectivity index (χ4v) is 22.4. The number of nitrogens with zero attached hydrogens (tertiary/aromatic N) is 6. The fourth-order valence-electron chi connectivity index (χ4n) is 22.4. The number of ketones is 1. The van der Waals surface area contributed by atoms with E-state index >= 15 is 0 Å². The van der Waals surface area contributed by atoms with Crippen molar-refractivity contribution in [3.8, 4) is 0 Å². The summed E-state index contributed by atoms with van der Waals surface area (Å²) in [6.07, 6.45) is 48.0. The number of rotatable bonds is 3. The molecule has 6 fully saturated rings. The maximum Gasteiger partial charge on any atom is 0.155 e. The van der Waals surface area contributed by atoms with Crippen LogP contribution in [0.1, 0.15) is 182 Å². The number of allylic oxidation sites excluding steroid dienone is 10. The van der Waals surface area contributed by atoms with Gasteiger partial charge in [-0.25, -0.2) is 19.9 Å². The molecule has 440 valence electrons. The van der Waals surface area contributed by atoms with Crippen LogP contribution in [0.2, 0.25) is 0 Å². The summed E-state index contributed by atoms with van der Waals surface area (Å²) in [4.78, 5) is 29.9. The monoisotopic (exact) mass is 1120 g/mol. The Morgan fingerprint density at radius 3 is 1.49 bits per heavy atom. The maximum absolute atomic E-state index is 12.0. The molecule has 2 N–H and O–H groups in total. The molecule has 17 rings (SSSR count). The molecule has 0 amide bonds. The summed E-state index contributed by atoms with van der Waals surface area (Å²) >= 11 is 0. The molecule has 0 aliphatic heterocycles. The van der Waals surface area contributed by atoms with E-state index in [0.29, 0.717) is 22.5 Å². The van der Waals surface area contributed by atoms with Gasteiger partial charge in [0.25, 0.3) is 0 Å². The highest BCUT2D eigenvalue weighted by molar-refractivity contribution is 5.91. The maximum atomic E-state index is 12.0. The smallest absolute Gasteiger partial charge is 0.155 e. The van der Waals surface area contributed by atoms with Crippen molar-refractivity contribution in [1.82, 2.24) is 29.1 Å². The van der Waals surface area contributed by atoms with Crippen molar-refractivity contribution in [3.05, 3.63) is 139 Å². The predicted octanol–water partition coefficient (Wildman–Crippen LogP) is 16.6. The van der Waals surface area contributed by atoms with Crippen LogP contribution in [-0.4, -0.2) is 57.3 Å². The van der Waals surface area contributed by atoms with Gasteiger partial charge < -0.3 is 19.3 Å². The van der Waals surface area contributed by atoms with Gasteiger partial charge in [0.2, 0.25) is 0 Å². The summed E-state index contributed by atoms with van der Waals surface area (Å²) in [5.74, 6) is 7.14. The zero-order valence-electron chi connectivity index (χ0n) is 51.2. The molecule has 9 heteroatoms. The molecule has 3 heterocycles. The summed E-state index contributed by atoms with van der Waals surface area (Å²) in [5, 5.41) is 20.4. The van der Waals surface area contributed by atoms with Crippen LogP contribution >= 0.6 is 0 Å². The number of imidazole rings is 2. The van der Waals surface area contributed by atoms with E-state index in [2.05, 4.69) is 150 Å². The zero-order chi connectivity index (χ0) is 57.5. The van der Waals surface area contributed by atoms with E-state index in [9.17, 15) is 15.0 Å². The third kappa shape index (κ3) is 8.35. The van der Waals surface area contributed by atoms with E-state index in [1.165, 1.54) is 116 Å². The number of benzene rings is 2. The molecule has 0 bridgehead atoms. The highest BCUT2D eigenvalue weighted by atomic mass is 16.3. The Balaban J connectivity index is 0.000000107. The number of aliphatic hydroxyl groups excluding tert-OH is 2. The molecule has 5 aromatic rings. The lowest BCUT2D eigenvalue weighted by Crippen LogP contribution is -2.50. The number of fused-ring (bicyclic) bond motifs is 17. The largest absolute Gasteiger partial charge is 0.393 e. The number of aromatic nitrogens is 6. The number of para-hydroxylation sites is 4. The second-order valence-corrected chi connectivity index (χ2v) is 30.5. The normalized spacial score (nSPS) is 41.4. The van der Waals surface area contributed by atoms with Crippen molar-refractivity contribution in [2.45, 2.75) is 189 Å². The first-order chi connectivity index (χ1) is 40.5. The quantitative estimate of drug-likeness (QED) is 0.173. The Bertz CT molecular complexity index is 3620. The zero-order valence-corrected chi connectivity index (χ0v) is 51.2. The van der Waals surface area contributed by atoms with E-state index in [-0.39, 0.29) is 33.9 Å².